The van der Waals surface area contributed by atoms with E-state index in [9.17, 15) is 9.90 Å². The molecule has 2 atom stereocenters. The van der Waals surface area contributed by atoms with Crippen LogP contribution in [0.3, 0.4) is 0 Å². The van der Waals surface area contributed by atoms with Crippen LogP contribution in [0.5, 0.6) is 5.75 Å². The summed E-state index contributed by atoms with van der Waals surface area (Å²) < 4.78 is 7.93. The fourth-order valence-electron chi connectivity index (χ4n) is 4.57. The lowest BCUT2D eigenvalue weighted by atomic mass is 10.1. The lowest BCUT2D eigenvalue weighted by molar-refractivity contribution is -0.131. The molecule has 1 aromatic heterocycles. The lowest BCUT2D eigenvalue weighted by Crippen LogP contribution is -2.42. The minimum atomic E-state index is -0.742. The fourth-order valence-corrected chi connectivity index (χ4v) is 4.68. The maximum absolute atomic E-state index is 12.7. The highest BCUT2D eigenvalue weighted by molar-refractivity contribution is 6.32. The number of carbonyl (C=O) groups is 1. The van der Waals surface area contributed by atoms with E-state index in [-0.39, 0.29) is 24.0 Å². The molecule has 0 saturated carbocycles. The summed E-state index contributed by atoms with van der Waals surface area (Å²) in [6.45, 7) is 11.1. The number of aromatic nitrogens is 2. The number of nitrogens with zero attached hydrogens (tertiary/aromatic N) is 3. The van der Waals surface area contributed by atoms with E-state index in [4.69, 9.17) is 21.3 Å². The zero-order valence-electron chi connectivity index (χ0n) is 19.9. The standard InChI is InChI=1S/C26H32ClN3O3/c1-16-10-20(11-17(2)24(16)27)33-15-19(31)14-29-22-9-7-6-8-21(22)28-25(29)18-12-23(32)30(13-18)26(3,4)5/h6-11,18-19,31H,12-15H2,1-5H3/t18-,19-/m1/s1. The van der Waals surface area contributed by atoms with Crippen LogP contribution in [0.15, 0.2) is 36.4 Å². The Labute approximate surface area is 200 Å². The zero-order valence-corrected chi connectivity index (χ0v) is 20.7. The van der Waals surface area contributed by atoms with Gasteiger partial charge < -0.3 is 19.3 Å². The number of hydrogen-bond acceptors (Lipinski definition) is 4. The number of ether oxygens (including phenoxy) is 1. The molecule has 1 saturated heterocycles. The molecule has 1 amide bonds. The second-order valence-electron chi connectivity index (χ2n) is 9.98. The summed E-state index contributed by atoms with van der Waals surface area (Å²) >= 11 is 6.25. The Hall–Kier alpha value is -2.57. The molecule has 0 unspecified atom stereocenters. The number of hydrogen-bond donors (Lipinski definition) is 1. The molecular weight excluding hydrogens is 438 g/mol. The summed E-state index contributed by atoms with van der Waals surface area (Å²) in [6.07, 6.45) is -0.315. The van der Waals surface area contributed by atoms with Gasteiger partial charge in [0.15, 0.2) is 0 Å². The first-order valence-electron chi connectivity index (χ1n) is 11.4. The van der Waals surface area contributed by atoms with Crippen LogP contribution >= 0.6 is 11.6 Å². The number of carbonyl (C=O) groups excluding carboxylic acids is 1. The van der Waals surface area contributed by atoms with Gasteiger partial charge in [-0.3, -0.25) is 4.79 Å². The van der Waals surface area contributed by atoms with Gasteiger partial charge in [-0.05, 0) is 70.0 Å². The normalized spacial score (nSPS) is 17.7. The number of imidazole rings is 1. The Morgan fingerprint density at radius 2 is 1.88 bits per heavy atom. The van der Waals surface area contributed by atoms with Crippen molar-refractivity contribution >= 4 is 28.5 Å². The van der Waals surface area contributed by atoms with Gasteiger partial charge in [-0.25, -0.2) is 4.98 Å². The van der Waals surface area contributed by atoms with Crippen molar-refractivity contribution in [1.82, 2.24) is 14.5 Å². The van der Waals surface area contributed by atoms with Crippen LogP contribution in [0, 0.1) is 13.8 Å². The van der Waals surface area contributed by atoms with Crippen LogP contribution in [0.25, 0.3) is 11.0 Å². The predicted molar refractivity (Wildman–Crippen MR) is 131 cm³/mol. The molecule has 0 aliphatic carbocycles. The molecule has 0 bridgehead atoms. The molecular formula is C26H32ClN3O3. The number of fused-ring (bicyclic) bond motifs is 1. The van der Waals surface area contributed by atoms with Crippen molar-refractivity contribution in [2.75, 3.05) is 13.2 Å². The number of rotatable bonds is 6. The van der Waals surface area contributed by atoms with Gasteiger partial charge in [0.05, 0.1) is 17.6 Å². The molecule has 33 heavy (non-hydrogen) atoms. The molecule has 1 aliphatic rings. The average molecular weight is 470 g/mol. The SMILES string of the molecule is Cc1cc(OC[C@H](O)Cn2c([C@@H]3CC(=O)N(C(C)(C)C)C3)nc3ccccc32)cc(C)c1Cl. The number of benzene rings is 2. The molecule has 0 spiro atoms. The van der Waals surface area contributed by atoms with Gasteiger partial charge in [0.25, 0.3) is 0 Å². The second kappa shape index (κ2) is 8.99. The summed E-state index contributed by atoms with van der Waals surface area (Å²) in [4.78, 5) is 19.5. The smallest absolute Gasteiger partial charge is 0.223 e. The van der Waals surface area contributed by atoms with Crippen molar-refractivity contribution in [2.24, 2.45) is 0 Å². The van der Waals surface area contributed by atoms with Gasteiger partial charge in [-0.2, -0.15) is 0 Å². The first-order valence-corrected chi connectivity index (χ1v) is 11.8. The molecule has 7 heteroatoms. The Bertz CT molecular complexity index is 1160. The van der Waals surface area contributed by atoms with E-state index in [1.54, 1.807) is 0 Å². The maximum atomic E-state index is 12.7. The highest BCUT2D eigenvalue weighted by atomic mass is 35.5. The van der Waals surface area contributed by atoms with Crippen molar-refractivity contribution in [1.29, 1.82) is 0 Å². The molecule has 2 aromatic carbocycles. The van der Waals surface area contributed by atoms with E-state index in [0.717, 1.165) is 33.0 Å². The third-order valence-corrected chi connectivity index (χ3v) is 6.83. The van der Waals surface area contributed by atoms with Crippen molar-refractivity contribution < 1.29 is 14.6 Å². The van der Waals surface area contributed by atoms with Crippen molar-refractivity contribution in [2.45, 2.75) is 65.1 Å². The van der Waals surface area contributed by atoms with Crippen LogP contribution in [-0.4, -0.2) is 50.3 Å². The fraction of sp³-hybridized carbons (Fsp3) is 0.462. The molecule has 176 valence electrons. The van der Waals surface area contributed by atoms with Crippen LogP contribution in [0.1, 0.15) is 50.1 Å². The molecule has 1 aliphatic heterocycles. The highest BCUT2D eigenvalue weighted by Crippen LogP contribution is 2.34. The number of likely N-dealkylation sites (tertiary alicyclic amines) is 1. The molecule has 6 nitrogen and oxygen atoms in total. The van der Waals surface area contributed by atoms with Gasteiger partial charge in [-0.15, -0.1) is 0 Å². The quantitative estimate of drug-likeness (QED) is 0.559. The van der Waals surface area contributed by atoms with E-state index in [2.05, 4.69) is 20.8 Å². The van der Waals surface area contributed by atoms with Crippen molar-refractivity contribution in [3.63, 3.8) is 0 Å². The monoisotopic (exact) mass is 469 g/mol. The topological polar surface area (TPSA) is 67.6 Å². The van der Waals surface area contributed by atoms with Gasteiger partial charge in [0.2, 0.25) is 5.91 Å². The van der Waals surface area contributed by atoms with E-state index < -0.39 is 6.10 Å². The number of aliphatic hydroxyl groups excluding tert-OH is 1. The Kier molecular flexibility index (Phi) is 6.43. The van der Waals surface area contributed by atoms with E-state index in [0.29, 0.717) is 25.3 Å². The minimum Gasteiger partial charge on any atom is -0.491 e. The number of amides is 1. The molecule has 2 heterocycles. The molecule has 4 rings (SSSR count). The second-order valence-corrected chi connectivity index (χ2v) is 10.4. The van der Waals surface area contributed by atoms with Crippen LogP contribution < -0.4 is 4.74 Å². The third-order valence-electron chi connectivity index (χ3n) is 6.23. The lowest BCUT2D eigenvalue weighted by Gasteiger charge is -2.32. The predicted octanol–water partition coefficient (Wildman–Crippen LogP) is 4.86. The molecule has 0 radical (unpaired) electrons. The van der Waals surface area contributed by atoms with Crippen LogP contribution in [-0.2, 0) is 11.3 Å². The molecule has 1 fully saturated rings. The number of aliphatic hydroxyl groups is 1. The van der Waals surface area contributed by atoms with Gasteiger partial charge in [0.1, 0.15) is 24.3 Å². The van der Waals surface area contributed by atoms with E-state index >= 15 is 0 Å². The van der Waals surface area contributed by atoms with Gasteiger partial charge in [0, 0.05) is 29.4 Å². The number of halogens is 1. The summed E-state index contributed by atoms with van der Waals surface area (Å²) in [5.74, 6) is 1.65. The summed E-state index contributed by atoms with van der Waals surface area (Å²) in [5.41, 5.74) is 3.47. The first-order chi connectivity index (χ1) is 15.5. The molecule has 3 aromatic rings. The number of para-hydroxylation sites is 2. The van der Waals surface area contributed by atoms with E-state index in [1.807, 2.05) is 59.7 Å². The zero-order chi connectivity index (χ0) is 23.9. The Balaban J connectivity index is 1.55. The number of aryl methyl sites for hydroxylation is 2. The third kappa shape index (κ3) is 4.87. The summed E-state index contributed by atoms with van der Waals surface area (Å²) in [5, 5.41) is 11.6. The van der Waals surface area contributed by atoms with Gasteiger partial charge >= 0.3 is 0 Å². The average Bonchev–Trinajstić information content (AvgIpc) is 3.31. The van der Waals surface area contributed by atoms with E-state index in [1.165, 1.54) is 0 Å². The first kappa shape index (κ1) is 23.6. The largest absolute Gasteiger partial charge is 0.491 e. The highest BCUT2D eigenvalue weighted by Gasteiger charge is 2.39. The Morgan fingerprint density at radius 3 is 2.52 bits per heavy atom. The minimum absolute atomic E-state index is 0.0150. The summed E-state index contributed by atoms with van der Waals surface area (Å²) in [7, 11) is 0. The molecule has 1 N–H and O–H groups in total. The van der Waals surface area contributed by atoms with Crippen molar-refractivity contribution in [3.8, 4) is 5.75 Å². The summed E-state index contributed by atoms with van der Waals surface area (Å²) in [6, 6.07) is 11.7. The van der Waals surface area contributed by atoms with Crippen LogP contribution in [0.2, 0.25) is 5.02 Å². The van der Waals surface area contributed by atoms with Crippen molar-refractivity contribution in [3.05, 3.63) is 58.4 Å². The Morgan fingerprint density at radius 1 is 1.21 bits per heavy atom. The maximum Gasteiger partial charge on any atom is 0.223 e. The van der Waals surface area contributed by atoms with Gasteiger partial charge in [-0.1, -0.05) is 23.7 Å². The van der Waals surface area contributed by atoms with Crippen LogP contribution in [0.4, 0.5) is 0 Å².